The summed E-state index contributed by atoms with van der Waals surface area (Å²) in [5.74, 6) is 1.22. The molecule has 0 unspecified atom stereocenters. The Morgan fingerprint density at radius 2 is 1.74 bits per heavy atom. The third-order valence-electron chi connectivity index (χ3n) is 5.79. The van der Waals surface area contributed by atoms with Crippen molar-refractivity contribution in [3.63, 3.8) is 0 Å². The third-order valence-corrected chi connectivity index (χ3v) is 6.88. The predicted molar refractivity (Wildman–Crippen MR) is 97.0 cm³/mol. The van der Waals surface area contributed by atoms with Crippen LogP contribution in [0.3, 0.4) is 0 Å². The molecule has 2 aliphatic rings. The maximum Gasteiger partial charge on any atom is 0.259 e. The van der Waals surface area contributed by atoms with Crippen LogP contribution in [-0.4, -0.2) is 25.8 Å². The maximum atomic E-state index is 5.02. The van der Waals surface area contributed by atoms with Gasteiger partial charge in [-0.3, -0.25) is 4.57 Å². The maximum absolute atomic E-state index is 5.02. The Kier molecular flexibility index (Phi) is 2.59. The average molecular weight is 314 g/mol. The first-order chi connectivity index (χ1) is 11.1. The molecule has 1 aliphatic carbocycles. The zero-order valence-electron chi connectivity index (χ0n) is 14.1. The number of hydrogen-bond donors (Lipinski definition) is 0. The molecular formula is C20H19AlN2. The van der Waals surface area contributed by atoms with Crippen molar-refractivity contribution in [3.8, 4) is 16.9 Å². The molecule has 112 valence electrons. The second-order valence-electron chi connectivity index (χ2n) is 7.07. The van der Waals surface area contributed by atoms with Gasteiger partial charge in [-0.1, -0.05) is 29.8 Å². The molecule has 0 saturated carbocycles. The van der Waals surface area contributed by atoms with Crippen molar-refractivity contribution in [2.45, 2.75) is 33.6 Å². The van der Waals surface area contributed by atoms with Gasteiger partial charge in [0, 0.05) is 18.4 Å². The summed E-state index contributed by atoms with van der Waals surface area (Å²) in [6.45, 7) is 6.75. The van der Waals surface area contributed by atoms with Crippen LogP contribution in [0.25, 0.3) is 16.9 Å². The summed E-state index contributed by atoms with van der Waals surface area (Å²) in [4.78, 5) is 5.02. The Morgan fingerprint density at radius 3 is 2.57 bits per heavy atom. The van der Waals surface area contributed by atoms with Crippen molar-refractivity contribution in [1.29, 1.82) is 0 Å². The van der Waals surface area contributed by atoms with E-state index in [0.29, 0.717) is 0 Å². The van der Waals surface area contributed by atoms with Crippen LogP contribution in [0.5, 0.6) is 0 Å². The molecule has 0 bridgehead atoms. The number of rotatable bonds is 0. The van der Waals surface area contributed by atoms with Crippen molar-refractivity contribution < 1.29 is 0 Å². The van der Waals surface area contributed by atoms with Crippen LogP contribution >= 0.6 is 0 Å². The van der Waals surface area contributed by atoms with Gasteiger partial charge in [-0.2, -0.15) is 0 Å². The summed E-state index contributed by atoms with van der Waals surface area (Å²) < 4.78 is 3.97. The molecule has 0 atom stereocenters. The van der Waals surface area contributed by atoms with Gasteiger partial charge in [0.2, 0.25) is 0 Å². The van der Waals surface area contributed by atoms with Gasteiger partial charge < -0.3 is 0 Å². The van der Waals surface area contributed by atoms with Gasteiger partial charge in [-0.25, -0.2) is 4.98 Å². The standard InChI is InChI=1S/C20H17N2.Al.2H/c1-11-7-8-15-10-17-21-16-9-14-6-4-5-12(2)18(14)20(16)22(17)19(15)13(11)3;;;/h4,6-8H,9-10H2,1-3H3;;;. The molecular weight excluding hydrogens is 295 g/mol. The van der Waals surface area contributed by atoms with Crippen LogP contribution in [0.2, 0.25) is 0 Å². The lowest BCUT2D eigenvalue weighted by Crippen LogP contribution is -2.10. The minimum absolute atomic E-state index is 0.971. The van der Waals surface area contributed by atoms with Gasteiger partial charge in [-0.05, 0) is 43.0 Å². The first-order valence-corrected chi connectivity index (χ1v) is 9.35. The van der Waals surface area contributed by atoms with Gasteiger partial charge in [0.05, 0.1) is 17.1 Å². The molecule has 2 heterocycles. The molecule has 0 saturated heterocycles. The van der Waals surface area contributed by atoms with Gasteiger partial charge in [0.25, 0.3) is 16.3 Å². The zero-order valence-corrected chi connectivity index (χ0v) is 16.1. The Bertz CT molecular complexity index is 931. The molecule has 3 heteroatoms. The SMILES string of the molecule is Cc1ccc2c(c1C)-n1c(nc3c1-c1c(cc[c]([AlH2])c1C)C3)C2. The first kappa shape index (κ1) is 13.6. The van der Waals surface area contributed by atoms with Gasteiger partial charge in [-0.15, -0.1) is 4.43 Å². The Hall–Kier alpha value is -1.82. The van der Waals surface area contributed by atoms with Crippen molar-refractivity contribution in [2.75, 3.05) is 0 Å². The fourth-order valence-corrected chi connectivity index (χ4v) is 4.68. The Labute approximate surface area is 144 Å². The molecule has 3 aromatic rings. The second kappa shape index (κ2) is 4.38. The number of nitrogens with zero attached hydrogens (tertiary/aromatic N) is 2. The number of aromatic nitrogens is 2. The fourth-order valence-electron chi connectivity index (χ4n) is 4.27. The van der Waals surface area contributed by atoms with E-state index in [1.54, 1.807) is 0 Å². The average Bonchev–Trinajstić information content (AvgIpc) is 3.14. The summed E-state index contributed by atoms with van der Waals surface area (Å²) in [6.07, 6.45) is 1.96. The number of benzene rings is 2. The number of fused-ring (bicyclic) bond motifs is 7. The predicted octanol–water partition coefficient (Wildman–Crippen LogP) is 2.53. The van der Waals surface area contributed by atoms with Crippen LogP contribution in [0.15, 0.2) is 24.3 Å². The highest BCUT2D eigenvalue weighted by Gasteiger charge is 2.33. The number of imidazole rings is 1. The van der Waals surface area contributed by atoms with Crippen molar-refractivity contribution in [1.82, 2.24) is 9.55 Å². The quantitative estimate of drug-likeness (QED) is 0.402. The van der Waals surface area contributed by atoms with E-state index in [1.165, 1.54) is 60.7 Å². The molecule has 1 aromatic heterocycles. The lowest BCUT2D eigenvalue weighted by Gasteiger charge is -2.15. The van der Waals surface area contributed by atoms with Gasteiger partial charge >= 0.3 is 0 Å². The highest BCUT2D eigenvalue weighted by Crippen LogP contribution is 2.44. The van der Waals surface area contributed by atoms with E-state index in [1.807, 2.05) is 0 Å². The van der Waals surface area contributed by atoms with E-state index in [0.717, 1.165) is 29.1 Å². The van der Waals surface area contributed by atoms with Crippen LogP contribution in [-0.2, 0) is 12.8 Å². The highest BCUT2D eigenvalue weighted by atomic mass is 27.0. The molecule has 0 spiro atoms. The van der Waals surface area contributed by atoms with Crippen molar-refractivity contribution >= 4 is 20.7 Å². The molecule has 2 aromatic carbocycles. The molecule has 0 amide bonds. The third kappa shape index (κ3) is 1.62. The van der Waals surface area contributed by atoms with Crippen molar-refractivity contribution in [3.05, 3.63) is 63.6 Å². The van der Waals surface area contributed by atoms with Crippen LogP contribution < -0.4 is 4.43 Å². The molecule has 23 heavy (non-hydrogen) atoms. The summed E-state index contributed by atoms with van der Waals surface area (Å²) >= 11 is 1.10. The normalized spacial score (nSPS) is 13.7. The topological polar surface area (TPSA) is 17.8 Å². The number of hydrogen-bond acceptors (Lipinski definition) is 1. The molecule has 0 radical (unpaired) electrons. The Balaban J connectivity index is 1.88. The van der Waals surface area contributed by atoms with E-state index < -0.39 is 0 Å². The second-order valence-corrected chi connectivity index (χ2v) is 8.15. The summed E-state index contributed by atoms with van der Waals surface area (Å²) in [6, 6.07) is 9.15. The van der Waals surface area contributed by atoms with E-state index in [-0.39, 0.29) is 0 Å². The van der Waals surface area contributed by atoms with Crippen LogP contribution in [0.4, 0.5) is 0 Å². The van der Waals surface area contributed by atoms with Gasteiger partial charge in [0.15, 0.2) is 0 Å². The molecule has 5 rings (SSSR count). The van der Waals surface area contributed by atoms with Gasteiger partial charge in [0.1, 0.15) is 5.82 Å². The smallest absolute Gasteiger partial charge is 0.259 e. The van der Waals surface area contributed by atoms with E-state index in [9.17, 15) is 0 Å². The first-order valence-electron chi connectivity index (χ1n) is 8.35. The minimum atomic E-state index is 0.971. The zero-order chi connectivity index (χ0) is 15.9. The summed E-state index contributed by atoms with van der Waals surface area (Å²) in [7, 11) is 0. The van der Waals surface area contributed by atoms with Crippen molar-refractivity contribution in [2.24, 2.45) is 0 Å². The number of aryl methyl sites for hydroxylation is 1. The molecule has 0 N–H and O–H groups in total. The lowest BCUT2D eigenvalue weighted by molar-refractivity contribution is 0.978. The Morgan fingerprint density at radius 1 is 0.957 bits per heavy atom. The lowest BCUT2D eigenvalue weighted by atomic mass is 10.0. The van der Waals surface area contributed by atoms with E-state index in [2.05, 4.69) is 49.6 Å². The largest absolute Gasteiger partial charge is 0.295 e. The van der Waals surface area contributed by atoms with E-state index in [4.69, 9.17) is 4.98 Å². The molecule has 1 aliphatic heterocycles. The highest BCUT2D eigenvalue weighted by molar-refractivity contribution is 6.33. The van der Waals surface area contributed by atoms with Crippen LogP contribution in [0.1, 0.15) is 39.3 Å². The van der Waals surface area contributed by atoms with E-state index >= 15 is 0 Å². The molecule has 2 nitrogen and oxygen atoms in total. The molecule has 0 fully saturated rings. The minimum Gasteiger partial charge on any atom is -0.295 e. The monoisotopic (exact) mass is 314 g/mol. The summed E-state index contributed by atoms with van der Waals surface area (Å²) in [5, 5.41) is 0. The van der Waals surface area contributed by atoms with Crippen LogP contribution in [0, 0.1) is 20.8 Å². The fraction of sp³-hybridized carbons (Fsp3) is 0.250. The summed E-state index contributed by atoms with van der Waals surface area (Å²) in [5.41, 5.74) is 12.6.